The van der Waals surface area contributed by atoms with Crippen LogP contribution >= 0.6 is 0 Å². The molecule has 5 nitrogen and oxygen atoms in total. The molecule has 0 aromatic heterocycles. The molecule has 0 spiro atoms. The normalized spacial score (nSPS) is 29.7. The lowest BCUT2D eigenvalue weighted by Crippen LogP contribution is -2.60. The maximum atomic E-state index is 11.8. The molecule has 100 valence electrons. The van der Waals surface area contributed by atoms with Crippen molar-refractivity contribution in [3.8, 4) is 0 Å². The average Bonchev–Trinajstić information content (AvgIpc) is 2.32. The van der Waals surface area contributed by atoms with Crippen molar-refractivity contribution in [2.75, 3.05) is 33.9 Å². The summed E-state index contributed by atoms with van der Waals surface area (Å²) in [5.41, 5.74) is -0.667. The second-order valence-electron chi connectivity index (χ2n) is 5.00. The summed E-state index contributed by atoms with van der Waals surface area (Å²) < 4.78 is 10.4. The highest BCUT2D eigenvalue weighted by molar-refractivity contribution is 5.80. The van der Waals surface area contributed by atoms with Gasteiger partial charge in [-0.3, -0.25) is 9.69 Å². The zero-order valence-electron chi connectivity index (χ0n) is 11.4. The summed E-state index contributed by atoms with van der Waals surface area (Å²) in [6.07, 6.45) is 0.213. The van der Waals surface area contributed by atoms with Crippen molar-refractivity contribution in [2.24, 2.45) is 0 Å². The second-order valence-corrected chi connectivity index (χ2v) is 5.00. The van der Waals surface area contributed by atoms with Gasteiger partial charge in [-0.1, -0.05) is 0 Å². The summed E-state index contributed by atoms with van der Waals surface area (Å²) in [5.74, 6) is -0.230. The first-order chi connectivity index (χ1) is 7.92. The largest absolute Gasteiger partial charge is 0.468 e. The van der Waals surface area contributed by atoms with Crippen LogP contribution in [0.15, 0.2) is 0 Å². The Morgan fingerprint density at radius 3 is 2.76 bits per heavy atom. The Morgan fingerprint density at radius 2 is 2.24 bits per heavy atom. The van der Waals surface area contributed by atoms with Crippen LogP contribution in [-0.2, 0) is 14.3 Å². The summed E-state index contributed by atoms with van der Waals surface area (Å²) in [6.45, 7) is 8.21. The third kappa shape index (κ3) is 3.40. The van der Waals surface area contributed by atoms with E-state index in [1.54, 1.807) is 7.05 Å². The van der Waals surface area contributed by atoms with Crippen molar-refractivity contribution in [3.05, 3.63) is 0 Å². The lowest BCUT2D eigenvalue weighted by atomic mass is 10.0. The zero-order chi connectivity index (χ0) is 13.1. The molecule has 0 bridgehead atoms. The molecule has 1 aliphatic rings. The van der Waals surface area contributed by atoms with E-state index in [2.05, 4.69) is 17.1 Å². The molecule has 17 heavy (non-hydrogen) atoms. The fourth-order valence-corrected chi connectivity index (χ4v) is 2.07. The van der Waals surface area contributed by atoms with E-state index >= 15 is 0 Å². The molecule has 0 amide bonds. The number of rotatable bonds is 4. The van der Waals surface area contributed by atoms with E-state index < -0.39 is 5.54 Å². The summed E-state index contributed by atoms with van der Waals surface area (Å²) in [7, 11) is 3.20. The fourth-order valence-electron chi connectivity index (χ4n) is 2.07. The first-order valence-corrected chi connectivity index (χ1v) is 6.06. The van der Waals surface area contributed by atoms with Crippen LogP contribution in [0.3, 0.4) is 0 Å². The van der Waals surface area contributed by atoms with Crippen molar-refractivity contribution >= 4 is 5.97 Å². The van der Waals surface area contributed by atoms with Gasteiger partial charge in [0.05, 0.1) is 19.8 Å². The summed E-state index contributed by atoms with van der Waals surface area (Å²) in [4.78, 5) is 14.0. The summed E-state index contributed by atoms with van der Waals surface area (Å²) in [5, 5.41) is 3.05. The van der Waals surface area contributed by atoms with Gasteiger partial charge in [-0.2, -0.15) is 0 Å². The van der Waals surface area contributed by atoms with Crippen LogP contribution in [0.2, 0.25) is 0 Å². The molecule has 0 aliphatic carbocycles. The standard InChI is InChI=1S/C12H24N2O3/c1-9-7-17-10(2)6-14(9)8-12(3,13-4)11(15)16-5/h9-10,13H,6-8H2,1-5H3. The van der Waals surface area contributed by atoms with Gasteiger partial charge in [0, 0.05) is 19.1 Å². The number of ether oxygens (including phenoxy) is 2. The molecular formula is C12H24N2O3. The molecule has 3 unspecified atom stereocenters. The Hall–Kier alpha value is -0.650. The number of hydrogen-bond donors (Lipinski definition) is 1. The van der Waals surface area contributed by atoms with E-state index in [1.807, 2.05) is 13.8 Å². The van der Waals surface area contributed by atoms with Gasteiger partial charge in [-0.15, -0.1) is 0 Å². The Morgan fingerprint density at radius 1 is 1.59 bits per heavy atom. The van der Waals surface area contributed by atoms with Gasteiger partial charge in [-0.25, -0.2) is 0 Å². The quantitative estimate of drug-likeness (QED) is 0.718. The summed E-state index contributed by atoms with van der Waals surface area (Å²) in [6, 6.07) is 0.323. The minimum atomic E-state index is -0.667. The predicted octanol–water partition coefficient (Wildman–Crippen LogP) is 0.247. The maximum absolute atomic E-state index is 11.8. The van der Waals surface area contributed by atoms with Crippen LogP contribution in [0.4, 0.5) is 0 Å². The molecule has 1 saturated heterocycles. The van der Waals surface area contributed by atoms with Crippen LogP contribution in [0.25, 0.3) is 0 Å². The minimum absolute atomic E-state index is 0.213. The average molecular weight is 244 g/mol. The molecule has 0 saturated carbocycles. The van der Waals surface area contributed by atoms with Gasteiger partial charge in [0.1, 0.15) is 5.54 Å². The predicted molar refractivity (Wildman–Crippen MR) is 65.9 cm³/mol. The van der Waals surface area contributed by atoms with Crippen LogP contribution in [0, 0.1) is 0 Å². The van der Waals surface area contributed by atoms with Crippen LogP contribution in [0.5, 0.6) is 0 Å². The van der Waals surface area contributed by atoms with Crippen LogP contribution < -0.4 is 5.32 Å². The molecule has 5 heteroatoms. The van der Waals surface area contributed by atoms with Crippen molar-refractivity contribution in [1.82, 2.24) is 10.2 Å². The Kier molecular flexibility index (Phi) is 4.91. The number of morpholine rings is 1. The Bertz CT molecular complexity index is 272. The molecule has 1 aliphatic heterocycles. The van der Waals surface area contributed by atoms with E-state index in [1.165, 1.54) is 7.11 Å². The Labute approximate surface area is 103 Å². The van der Waals surface area contributed by atoms with E-state index in [-0.39, 0.29) is 12.1 Å². The van der Waals surface area contributed by atoms with E-state index in [9.17, 15) is 4.79 Å². The highest BCUT2D eigenvalue weighted by Gasteiger charge is 2.37. The lowest BCUT2D eigenvalue weighted by molar-refractivity contribution is -0.150. The van der Waals surface area contributed by atoms with E-state index in [0.29, 0.717) is 19.2 Å². The minimum Gasteiger partial charge on any atom is -0.468 e. The number of carbonyl (C=O) groups excluding carboxylic acids is 1. The zero-order valence-corrected chi connectivity index (χ0v) is 11.4. The van der Waals surface area contributed by atoms with Crippen LogP contribution in [-0.4, -0.2) is 62.4 Å². The molecule has 0 radical (unpaired) electrons. The van der Waals surface area contributed by atoms with Gasteiger partial charge >= 0.3 is 5.97 Å². The lowest BCUT2D eigenvalue weighted by Gasteiger charge is -2.41. The van der Waals surface area contributed by atoms with E-state index in [4.69, 9.17) is 9.47 Å². The van der Waals surface area contributed by atoms with Gasteiger partial charge in [-0.05, 0) is 27.8 Å². The SMILES string of the molecule is CNC(C)(CN1CC(C)OCC1C)C(=O)OC. The maximum Gasteiger partial charge on any atom is 0.327 e. The smallest absolute Gasteiger partial charge is 0.327 e. The summed E-state index contributed by atoms with van der Waals surface area (Å²) >= 11 is 0. The first-order valence-electron chi connectivity index (χ1n) is 6.06. The molecule has 3 atom stereocenters. The molecule has 1 fully saturated rings. The molecule has 0 aromatic carbocycles. The van der Waals surface area contributed by atoms with E-state index in [0.717, 1.165) is 6.54 Å². The van der Waals surface area contributed by atoms with Gasteiger partial charge in [0.15, 0.2) is 0 Å². The van der Waals surface area contributed by atoms with Crippen molar-refractivity contribution in [3.63, 3.8) is 0 Å². The monoisotopic (exact) mass is 244 g/mol. The highest BCUT2D eigenvalue weighted by Crippen LogP contribution is 2.16. The Balaban J connectivity index is 2.69. The second kappa shape index (κ2) is 5.80. The molecular weight excluding hydrogens is 220 g/mol. The third-order valence-electron chi connectivity index (χ3n) is 3.44. The number of esters is 1. The van der Waals surface area contributed by atoms with Gasteiger partial charge in [0.25, 0.3) is 0 Å². The molecule has 1 rings (SSSR count). The van der Waals surface area contributed by atoms with Gasteiger partial charge < -0.3 is 14.8 Å². The number of likely N-dealkylation sites (N-methyl/N-ethyl adjacent to an activating group) is 1. The van der Waals surface area contributed by atoms with Gasteiger partial charge in [0.2, 0.25) is 0 Å². The number of methoxy groups -OCH3 is 1. The number of carbonyl (C=O) groups is 1. The number of hydrogen-bond acceptors (Lipinski definition) is 5. The van der Waals surface area contributed by atoms with Crippen molar-refractivity contribution in [1.29, 1.82) is 0 Å². The topological polar surface area (TPSA) is 50.8 Å². The van der Waals surface area contributed by atoms with Crippen LogP contribution in [0.1, 0.15) is 20.8 Å². The molecule has 1 N–H and O–H groups in total. The molecule has 1 heterocycles. The van der Waals surface area contributed by atoms with Crippen molar-refractivity contribution in [2.45, 2.75) is 38.5 Å². The third-order valence-corrected chi connectivity index (χ3v) is 3.44. The first kappa shape index (κ1) is 14.4. The number of nitrogens with one attached hydrogen (secondary N) is 1. The highest BCUT2D eigenvalue weighted by atomic mass is 16.5. The van der Waals surface area contributed by atoms with Crippen molar-refractivity contribution < 1.29 is 14.3 Å². The molecule has 0 aromatic rings. The fraction of sp³-hybridized carbons (Fsp3) is 0.917. The number of nitrogens with zero attached hydrogens (tertiary/aromatic N) is 1.